The molecule has 1 aliphatic rings. The lowest BCUT2D eigenvalue weighted by Gasteiger charge is -2.39. The number of nitrogens with zero attached hydrogens (tertiary/aromatic N) is 1. The highest BCUT2D eigenvalue weighted by Crippen LogP contribution is 2.33. The number of ether oxygens (including phenoxy) is 4. The van der Waals surface area contributed by atoms with Crippen LogP contribution in [0.1, 0.15) is 70.1 Å². The number of esters is 1. The van der Waals surface area contributed by atoms with Crippen LogP contribution in [-0.4, -0.2) is 61.3 Å². The normalized spacial score (nSPS) is 16.1. The van der Waals surface area contributed by atoms with E-state index in [0.29, 0.717) is 55.0 Å². The van der Waals surface area contributed by atoms with E-state index in [9.17, 15) is 14.4 Å². The molecule has 1 saturated heterocycles. The van der Waals surface area contributed by atoms with Crippen molar-refractivity contribution in [1.29, 1.82) is 0 Å². The molecule has 1 amide bonds. The number of carboxylic acid groups (broad SMARTS) is 1. The zero-order chi connectivity index (χ0) is 29.3. The predicted octanol–water partition coefficient (Wildman–Crippen LogP) is 5.20. The van der Waals surface area contributed by atoms with E-state index in [4.69, 9.17) is 24.1 Å². The van der Waals surface area contributed by atoms with Crippen molar-refractivity contribution in [1.82, 2.24) is 4.90 Å². The summed E-state index contributed by atoms with van der Waals surface area (Å²) in [5.74, 6) is 0.0314. The molecule has 1 heterocycles. The fourth-order valence-corrected chi connectivity index (χ4v) is 4.76. The van der Waals surface area contributed by atoms with E-state index >= 15 is 0 Å². The molecule has 218 valence electrons. The molecule has 1 fully saturated rings. The van der Waals surface area contributed by atoms with E-state index in [2.05, 4.69) is 0 Å². The first-order valence-electron chi connectivity index (χ1n) is 13.8. The number of piperidine rings is 1. The number of hydrogen-bond donors (Lipinski definition) is 1. The lowest BCUT2D eigenvalue weighted by atomic mass is 9.86. The summed E-state index contributed by atoms with van der Waals surface area (Å²) in [5.41, 5.74) is 1.08. The van der Waals surface area contributed by atoms with Crippen LogP contribution in [-0.2, 0) is 25.5 Å². The number of likely N-dealkylation sites (tertiary alicyclic amines) is 1. The molecule has 1 aliphatic heterocycles. The third-order valence-corrected chi connectivity index (χ3v) is 7.49. The van der Waals surface area contributed by atoms with Gasteiger partial charge in [0, 0.05) is 12.0 Å². The van der Waals surface area contributed by atoms with Gasteiger partial charge in [-0.2, -0.15) is 0 Å². The Kier molecular flexibility index (Phi) is 10.8. The standard InChI is InChI=1S/C31H41NO8/c1-6-31(2,3)30(36)32-17-8-7-12-24(32)29(35)40-25(22-10-9-11-23(19-22)39-20-28(33)34)15-13-21-14-16-26(37-4)27(18-21)38-5/h9-11,14,16,18-19,24-25H,6-8,12-13,15,17,20H2,1-5H3,(H,33,34)/t24-,25+/m0/s1. The van der Waals surface area contributed by atoms with E-state index < -0.39 is 36.1 Å². The summed E-state index contributed by atoms with van der Waals surface area (Å²) in [5, 5.41) is 9.01. The number of carbonyl (C=O) groups excluding carboxylic acids is 2. The molecular formula is C31H41NO8. The molecule has 0 aliphatic carbocycles. The lowest BCUT2D eigenvalue weighted by Crippen LogP contribution is -2.52. The quantitative estimate of drug-likeness (QED) is 0.336. The Bertz CT molecular complexity index is 1180. The highest BCUT2D eigenvalue weighted by Gasteiger charge is 2.39. The molecule has 3 rings (SSSR count). The third-order valence-electron chi connectivity index (χ3n) is 7.49. The summed E-state index contributed by atoms with van der Waals surface area (Å²) in [6.45, 7) is 5.82. The molecule has 9 nitrogen and oxygen atoms in total. The molecule has 0 aromatic heterocycles. The first kappa shape index (κ1) is 30.8. The van der Waals surface area contributed by atoms with Gasteiger partial charge in [0.15, 0.2) is 18.1 Å². The maximum absolute atomic E-state index is 13.6. The zero-order valence-electron chi connectivity index (χ0n) is 24.1. The van der Waals surface area contributed by atoms with Gasteiger partial charge in [-0.15, -0.1) is 0 Å². The molecule has 0 bridgehead atoms. The van der Waals surface area contributed by atoms with Crippen molar-refractivity contribution in [2.24, 2.45) is 5.41 Å². The van der Waals surface area contributed by atoms with Crippen LogP contribution in [0.4, 0.5) is 0 Å². The van der Waals surface area contributed by atoms with Gasteiger partial charge in [-0.3, -0.25) is 4.79 Å². The first-order chi connectivity index (χ1) is 19.1. The van der Waals surface area contributed by atoms with Crippen molar-refractivity contribution in [3.63, 3.8) is 0 Å². The Balaban J connectivity index is 1.86. The van der Waals surface area contributed by atoms with Crippen LogP contribution in [0.2, 0.25) is 0 Å². The summed E-state index contributed by atoms with van der Waals surface area (Å²) in [6, 6.07) is 11.9. The second kappa shape index (κ2) is 14.1. The van der Waals surface area contributed by atoms with Gasteiger partial charge in [-0.05, 0) is 73.9 Å². The lowest BCUT2D eigenvalue weighted by molar-refractivity contribution is -0.165. The summed E-state index contributed by atoms with van der Waals surface area (Å²) >= 11 is 0. The van der Waals surface area contributed by atoms with Crippen LogP contribution in [0.5, 0.6) is 17.2 Å². The van der Waals surface area contributed by atoms with Crippen LogP contribution < -0.4 is 14.2 Å². The van der Waals surface area contributed by atoms with Crippen LogP contribution >= 0.6 is 0 Å². The van der Waals surface area contributed by atoms with E-state index in [1.165, 1.54) is 0 Å². The average Bonchev–Trinajstić information content (AvgIpc) is 2.97. The number of amides is 1. The van der Waals surface area contributed by atoms with Crippen LogP contribution in [0.25, 0.3) is 0 Å². The highest BCUT2D eigenvalue weighted by atomic mass is 16.5. The summed E-state index contributed by atoms with van der Waals surface area (Å²) in [6.07, 6.45) is 3.27. The highest BCUT2D eigenvalue weighted by molar-refractivity contribution is 5.88. The molecule has 2 atom stereocenters. The Labute approximate surface area is 236 Å². The molecule has 2 aromatic rings. The van der Waals surface area contributed by atoms with Gasteiger partial charge < -0.3 is 29.0 Å². The summed E-state index contributed by atoms with van der Waals surface area (Å²) in [4.78, 5) is 39.7. The largest absolute Gasteiger partial charge is 0.493 e. The number of benzene rings is 2. The van der Waals surface area contributed by atoms with Crippen molar-refractivity contribution < 1.29 is 38.4 Å². The van der Waals surface area contributed by atoms with Crippen LogP contribution in [0.3, 0.4) is 0 Å². The van der Waals surface area contributed by atoms with Gasteiger partial charge in [-0.25, -0.2) is 9.59 Å². The van der Waals surface area contributed by atoms with E-state index in [1.807, 2.05) is 45.0 Å². The zero-order valence-corrected chi connectivity index (χ0v) is 24.1. The maximum atomic E-state index is 13.6. The van der Waals surface area contributed by atoms with Crippen LogP contribution in [0, 0.1) is 5.41 Å². The number of carboxylic acids is 1. The van der Waals surface area contributed by atoms with Gasteiger partial charge in [0.2, 0.25) is 5.91 Å². The monoisotopic (exact) mass is 555 g/mol. The molecule has 0 spiro atoms. The second-order valence-electron chi connectivity index (χ2n) is 10.7. The van der Waals surface area contributed by atoms with Crippen LogP contribution in [0.15, 0.2) is 42.5 Å². The maximum Gasteiger partial charge on any atom is 0.341 e. The molecule has 0 radical (unpaired) electrons. The van der Waals surface area contributed by atoms with Crippen molar-refractivity contribution >= 4 is 17.8 Å². The number of methoxy groups -OCH3 is 2. The minimum Gasteiger partial charge on any atom is -0.493 e. The molecule has 2 aromatic carbocycles. The number of aliphatic carboxylic acids is 1. The van der Waals surface area contributed by atoms with E-state index in [-0.39, 0.29) is 5.91 Å². The SMILES string of the molecule is CCC(C)(C)C(=O)N1CCCC[C@H]1C(=O)O[C@H](CCc1ccc(OC)c(OC)c1)c1cccc(OCC(=O)O)c1. The average molecular weight is 556 g/mol. The predicted molar refractivity (Wildman–Crippen MR) is 150 cm³/mol. The number of rotatable bonds is 13. The number of hydrogen-bond acceptors (Lipinski definition) is 7. The minimum atomic E-state index is -1.08. The van der Waals surface area contributed by atoms with Gasteiger partial charge in [0.1, 0.15) is 17.9 Å². The van der Waals surface area contributed by atoms with Crippen molar-refractivity contribution in [2.75, 3.05) is 27.4 Å². The first-order valence-corrected chi connectivity index (χ1v) is 13.8. The molecule has 1 N–H and O–H groups in total. The van der Waals surface area contributed by atoms with Gasteiger partial charge in [-0.1, -0.05) is 39.0 Å². The Morgan fingerprint density at radius 2 is 1.80 bits per heavy atom. The number of aryl methyl sites for hydroxylation is 1. The summed E-state index contributed by atoms with van der Waals surface area (Å²) < 4.78 is 22.3. The van der Waals surface area contributed by atoms with Crippen molar-refractivity contribution in [3.8, 4) is 17.2 Å². The molecule has 0 unspecified atom stereocenters. The number of carbonyl (C=O) groups is 3. The van der Waals surface area contributed by atoms with Crippen molar-refractivity contribution in [3.05, 3.63) is 53.6 Å². The minimum absolute atomic E-state index is 0.0393. The fourth-order valence-electron chi connectivity index (χ4n) is 4.76. The second-order valence-corrected chi connectivity index (χ2v) is 10.7. The van der Waals surface area contributed by atoms with Gasteiger partial charge in [0.05, 0.1) is 14.2 Å². The fraction of sp³-hybridized carbons (Fsp3) is 0.516. The molecular weight excluding hydrogens is 514 g/mol. The van der Waals surface area contributed by atoms with E-state index in [1.54, 1.807) is 37.3 Å². The smallest absolute Gasteiger partial charge is 0.341 e. The molecule has 40 heavy (non-hydrogen) atoms. The third kappa shape index (κ3) is 7.90. The Morgan fingerprint density at radius 3 is 2.48 bits per heavy atom. The van der Waals surface area contributed by atoms with Crippen molar-refractivity contribution in [2.45, 2.75) is 71.4 Å². The van der Waals surface area contributed by atoms with Gasteiger partial charge >= 0.3 is 11.9 Å². The molecule has 9 heteroatoms. The van der Waals surface area contributed by atoms with E-state index in [0.717, 1.165) is 18.4 Å². The summed E-state index contributed by atoms with van der Waals surface area (Å²) in [7, 11) is 3.15. The topological polar surface area (TPSA) is 112 Å². The molecule has 0 saturated carbocycles. The Hall–Kier alpha value is -3.75. The van der Waals surface area contributed by atoms with Gasteiger partial charge in [0.25, 0.3) is 0 Å². The Morgan fingerprint density at radius 1 is 1.05 bits per heavy atom.